The summed E-state index contributed by atoms with van der Waals surface area (Å²) in [4.78, 5) is 23.2. The molecule has 1 rings (SSSR count). The van der Waals surface area contributed by atoms with Crippen LogP contribution in [-0.2, 0) is 9.59 Å². The minimum atomic E-state index is -0.604. The third-order valence-electron chi connectivity index (χ3n) is 3.03. The topological polar surface area (TPSA) is 84.2 Å². The molecule has 0 saturated heterocycles. The first-order valence-corrected chi connectivity index (χ1v) is 6.56. The molecule has 0 aliphatic rings. The van der Waals surface area contributed by atoms with Gasteiger partial charge in [-0.3, -0.25) is 9.59 Å². The molecule has 1 aromatic carbocycles. The molecule has 2 amide bonds. The van der Waals surface area contributed by atoms with E-state index < -0.39 is 6.04 Å². The van der Waals surface area contributed by atoms with Crippen molar-refractivity contribution in [2.45, 2.75) is 40.7 Å². The molecular formula is C15H23N3O2. The predicted octanol–water partition coefficient (Wildman–Crippen LogP) is 2.27. The molecule has 5 heteroatoms. The average Bonchev–Trinajstić information content (AvgIpc) is 2.30. The molecule has 1 atom stereocenters. The standard InChI is InChI=1S/C15H23N3O2/c1-9-6-7-11(8-12(9)17-10(2)19)18-14(20)13(16)15(3,4)5/h6-8,13H,16H2,1-5H3,(H,17,19)(H,18,20). The molecule has 0 saturated carbocycles. The summed E-state index contributed by atoms with van der Waals surface area (Å²) in [6.07, 6.45) is 0. The lowest BCUT2D eigenvalue weighted by Crippen LogP contribution is -2.45. The summed E-state index contributed by atoms with van der Waals surface area (Å²) in [7, 11) is 0. The quantitative estimate of drug-likeness (QED) is 0.792. The van der Waals surface area contributed by atoms with Crippen LogP contribution < -0.4 is 16.4 Å². The van der Waals surface area contributed by atoms with Crippen molar-refractivity contribution in [2.24, 2.45) is 11.1 Å². The van der Waals surface area contributed by atoms with E-state index >= 15 is 0 Å². The zero-order valence-electron chi connectivity index (χ0n) is 12.7. The number of aryl methyl sites for hydroxylation is 1. The second-order valence-electron chi connectivity index (χ2n) is 6.04. The van der Waals surface area contributed by atoms with Crippen molar-refractivity contribution in [2.75, 3.05) is 10.6 Å². The fraction of sp³-hybridized carbons (Fsp3) is 0.467. The van der Waals surface area contributed by atoms with Crippen LogP contribution in [0, 0.1) is 12.3 Å². The summed E-state index contributed by atoms with van der Waals surface area (Å²) in [5.74, 6) is -0.391. The number of nitrogens with two attached hydrogens (primary N) is 1. The third-order valence-corrected chi connectivity index (χ3v) is 3.03. The largest absolute Gasteiger partial charge is 0.326 e. The van der Waals surface area contributed by atoms with Crippen LogP contribution in [0.5, 0.6) is 0 Å². The SMILES string of the molecule is CC(=O)Nc1cc(NC(=O)C(N)C(C)(C)C)ccc1C. The van der Waals surface area contributed by atoms with Gasteiger partial charge in [0.1, 0.15) is 0 Å². The van der Waals surface area contributed by atoms with Crippen LogP contribution in [-0.4, -0.2) is 17.9 Å². The summed E-state index contributed by atoms with van der Waals surface area (Å²) >= 11 is 0. The van der Waals surface area contributed by atoms with E-state index in [1.54, 1.807) is 12.1 Å². The van der Waals surface area contributed by atoms with E-state index in [1.165, 1.54) is 6.92 Å². The van der Waals surface area contributed by atoms with Gasteiger partial charge < -0.3 is 16.4 Å². The zero-order valence-corrected chi connectivity index (χ0v) is 12.7. The van der Waals surface area contributed by atoms with Gasteiger partial charge >= 0.3 is 0 Å². The zero-order chi connectivity index (χ0) is 15.5. The monoisotopic (exact) mass is 277 g/mol. The van der Waals surface area contributed by atoms with Gasteiger partial charge in [-0.05, 0) is 30.0 Å². The van der Waals surface area contributed by atoms with E-state index in [1.807, 2.05) is 33.8 Å². The molecular weight excluding hydrogens is 254 g/mol. The maximum Gasteiger partial charge on any atom is 0.241 e. The molecule has 20 heavy (non-hydrogen) atoms. The van der Waals surface area contributed by atoms with E-state index in [9.17, 15) is 9.59 Å². The van der Waals surface area contributed by atoms with Gasteiger partial charge in [-0.15, -0.1) is 0 Å². The van der Waals surface area contributed by atoms with Crippen LogP contribution in [0.15, 0.2) is 18.2 Å². The van der Waals surface area contributed by atoms with Crippen molar-refractivity contribution < 1.29 is 9.59 Å². The van der Waals surface area contributed by atoms with E-state index in [0.29, 0.717) is 11.4 Å². The normalized spacial score (nSPS) is 12.7. The van der Waals surface area contributed by atoms with Gasteiger partial charge in [-0.1, -0.05) is 26.8 Å². The van der Waals surface area contributed by atoms with Gasteiger partial charge in [0.2, 0.25) is 11.8 Å². The number of benzene rings is 1. The number of amides is 2. The number of nitrogens with one attached hydrogen (secondary N) is 2. The predicted molar refractivity (Wildman–Crippen MR) is 81.5 cm³/mol. The summed E-state index contributed by atoms with van der Waals surface area (Å²) < 4.78 is 0. The molecule has 4 N–H and O–H groups in total. The number of carbonyl (C=O) groups is 2. The summed E-state index contributed by atoms with van der Waals surface area (Å²) in [6, 6.07) is 4.74. The Hall–Kier alpha value is -1.88. The summed E-state index contributed by atoms with van der Waals surface area (Å²) in [5.41, 5.74) is 7.82. The Labute approximate surface area is 119 Å². The number of carbonyl (C=O) groups excluding carboxylic acids is 2. The summed E-state index contributed by atoms with van der Waals surface area (Å²) in [6.45, 7) is 9.07. The second-order valence-corrected chi connectivity index (χ2v) is 6.04. The van der Waals surface area contributed by atoms with Crippen LogP contribution in [0.4, 0.5) is 11.4 Å². The Balaban J connectivity index is 2.88. The first-order valence-electron chi connectivity index (χ1n) is 6.56. The fourth-order valence-electron chi connectivity index (χ4n) is 1.64. The Bertz CT molecular complexity index is 518. The molecule has 0 aliphatic heterocycles. The Morgan fingerprint density at radius 1 is 1.20 bits per heavy atom. The molecule has 1 aromatic rings. The highest BCUT2D eigenvalue weighted by molar-refractivity contribution is 5.96. The van der Waals surface area contributed by atoms with Gasteiger partial charge in [0.25, 0.3) is 0 Å². The van der Waals surface area contributed by atoms with Gasteiger partial charge in [-0.2, -0.15) is 0 Å². The van der Waals surface area contributed by atoms with Crippen LogP contribution in [0.1, 0.15) is 33.3 Å². The molecule has 0 radical (unpaired) electrons. The highest BCUT2D eigenvalue weighted by Crippen LogP contribution is 2.22. The fourth-order valence-corrected chi connectivity index (χ4v) is 1.64. The highest BCUT2D eigenvalue weighted by atomic mass is 16.2. The lowest BCUT2D eigenvalue weighted by molar-refractivity contribution is -0.119. The average molecular weight is 277 g/mol. The molecule has 5 nitrogen and oxygen atoms in total. The number of anilines is 2. The van der Waals surface area contributed by atoms with Crippen molar-refractivity contribution >= 4 is 23.2 Å². The van der Waals surface area contributed by atoms with Gasteiger partial charge in [0, 0.05) is 18.3 Å². The van der Waals surface area contributed by atoms with Crippen molar-refractivity contribution in [3.8, 4) is 0 Å². The highest BCUT2D eigenvalue weighted by Gasteiger charge is 2.27. The smallest absolute Gasteiger partial charge is 0.241 e. The summed E-state index contributed by atoms with van der Waals surface area (Å²) in [5, 5.41) is 5.50. The minimum absolute atomic E-state index is 0.150. The van der Waals surface area contributed by atoms with Crippen LogP contribution in [0.2, 0.25) is 0 Å². The molecule has 0 heterocycles. The van der Waals surface area contributed by atoms with E-state index in [-0.39, 0.29) is 17.2 Å². The lowest BCUT2D eigenvalue weighted by atomic mass is 9.87. The van der Waals surface area contributed by atoms with E-state index in [4.69, 9.17) is 5.73 Å². The maximum atomic E-state index is 12.1. The number of hydrogen-bond acceptors (Lipinski definition) is 3. The van der Waals surface area contributed by atoms with Crippen LogP contribution in [0.25, 0.3) is 0 Å². The van der Waals surface area contributed by atoms with Gasteiger partial charge in [0.05, 0.1) is 6.04 Å². The Morgan fingerprint density at radius 2 is 1.80 bits per heavy atom. The number of rotatable bonds is 3. The second kappa shape index (κ2) is 6.05. The van der Waals surface area contributed by atoms with Crippen LogP contribution in [0.3, 0.4) is 0 Å². The van der Waals surface area contributed by atoms with E-state index in [0.717, 1.165) is 5.56 Å². The lowest BCUT2D eigenvalue weighted by Gasteiger charge is -2.26. The molecule has 0 aliphatic carbocycles. The third kappa shape index (κ3) is 4.35. The van der Waals surface area contributed by atoms with Gasteiger partial charge in [-0.25, -0.2) is 0 Å². The Kier molecular flexibility index (Phi) is 4.89. The first-order chi connectivity index (χ1) is 9.11. The molecule has 0 bridgehead atoms. The molecule has 1 unspecified atom stereocenters. The molecule has 0 aromatic heterocycles. The van der Waals surface area contributed by atoms with Crippen molar-refractivity contribution in [1.82, 2.24) is 0 Å². The maximum absolute atomic E-state index is 12.1. The van der Waals surface area contributed by atoms with Crippen molar-refractivity contribution in [1.29, 1.82) is 0 Å². The van der Waals surface area contributed by atoms with Crippen molar-refractivity contribution in [3.63, 3.8) is 0 Å². The Morgan fingerprint density at radius 3 is 2.30 bits per heavy atom. The van der Waals surface area contributed by atoms with Crippen LogP contribution >= 0.6 is 0 Å². The molecule has 110 valence electrons. The molecule has 0 spiro atoms. The van der Waals surface area contributed by atoms with Gasteiger partial charge in [0.15, 0.2) is 0 Å². The van der Waals surface area contributed by atoms with Crippen molar-refractivity contribution in [3.05, 3.63) is 23.8 Å². The van der Waals surface area contributed by atoms with E-state index in [2.05, 4.69) is 10.6 Å². The minimum Gasteiger partial charge on any atom is -0.326 e. The number of hydrogen-bond donors (Lipinski definition) is 3. The molecule has 0 fully saturated rings. The first kappa shape index (κ1) is 16.2.